The van der Waals surface area contributed by atoms with E-state index in [0.717, 1.165) is 48.1 Å². The maximum Gasteiger partial charge on any atom is 0.255 e. The van der Waals surface area contributed by atoms with Crippen molar-refractivity contribution < 1.29 is 4.79 Å². The maximum absolute atomic E-state index is 12.8. The SMILES string of the molecule is Cc1cc(-c2ncc(C)[nH]2)nc([C@H]2CCCN(C(=O)c3cccnc3)C2)n1. The number of hydrogen-bond donors (Lipinski definition) is 1. The van der Waals surface area contributed by atoms with E-state index in [1.54, 1.807) is 30.7 Å². The Kier molecular flexibility index (Phi) is 4.66. The Balaban J connectivity index is 1.58. The number of piperidine rings is 1. The second-order valence-electron chi connectivity index (χ2n) is 7.00. The lowest BCUT2D eigenvalue weighted by Crippen LogP contribution is -2.39. The Morgan fingerprint density at radius 2 is 2.15 bits per heavy atom. The van der Waals surface area contributed by atoms with Crippen LogP contribution >= 0.6 is 0 Å². The van der Waals surface area contributed by atoms with Crippen LogP contribution in [0.5, 0.6) is 0 Å². The van der Waals surface area contributed by atoms with Gasteiger partial charge in [-0.3, -0.25) is 9.78 Å². The van der Waals surface area contributed by atoms with Crippen LogP contribution in [0.25, 0.3) is 11.5 Å². The number of pyridine rings is 1. The van der Waals surface area contributed by atoms with Crippen molar-refractivity contribution in [2.45, 2.75) is 32.6 Å². The van der Waals surface area contributed by atoms with Crippen LogP contribution in [0.2, 0.25) is 0 Å². The van der Waals surface area contributed by atoms with E-state index in [1.807, 2.05) is 24.8 Å². The third-order valence-electron chi connectivity index (χ3n) is 4.80. The lowest BCUT2D eigenvalue weighted by Gasteiger charge is -2.32. The van der Waals surface area contributed by atoms with Gasteiger partial charge < -0.3 is 9.88 Å². The van der Waals surface area contributed by atoms with E-state index >= 15 is 0 Å². The van der Waals surface area contributed by atoms with Crippen LogP contribution in [0.3, 0.4) is 0 Å². The highest BCUT2D eigenvalue weighted by molar-refractivity contribution is 5.94. The normalized spacial score (nSPS) is 17.1. The van der Waals surface area contributed by atoms with Crippen molar-refractivity contribution in [2.24, 2.45) is 0 Å². The molecule has 1 amide bonds. The lowest BCUT2D eigenvalue weighted by atomic mass is 9.96. The largest absolute Gasteiger partial charge is 0.341 e. The summed E-state index contributed by atoms with van der Waals surface area (Å²) in [6.45, 7) is 5.30. The molecule has 7 heteroatoms. The highest BCUT2D eigenvalue weighted by Crippen LogP contribution is 2.27. The smallest absolute Gasteiger partial charge is 0.255 e. The van der Waals surface area contributed by atoms with Crippen molar-refractivity contribution in [3.63, 3.8) is 0 Å². The third-order valence-corrected chi connectivity index (χ3v) is 4.80. The molecule has 3 aromatic rings. The molecule has 7 nitrogen and oxygen atoms in total. The predicted octanol–water partition coefficient (Wildman–Crippen LogP) is 2.90. The molecule has 0 bridgehead atoms. The Bertz CT molecular complexity index is 952. The average Bonchev–Trinajstić information content (AvgIpc) is 3.14. The fourth-order valence-corrected chi connectivity index (χ4v) is 3.48. The molecule has 4 heterocycles. The van der Waals surface area contributed by atoms with Gasteiger partial charge in [-0.15, -0.1) is 0 Å². The number of aromatic amines is 1. The van der Waals surface area contributed by atoms with Gasteiger partial charge in [-0.05, 0) is 44.9 Å². The molecule has 1 aliphatic rings. The topological polar surface area (TPSA) is 87.7 Å². The fourth-order valence-electron chi connectivity index (χ4n) is 3.48. The lowest BCUT2D eigenvalue weighted by molar-refractivity contribution is 0.0704. The number of carbonyl (C=O) groups is 1. The number of aromatic nitrogens is 5. The summed E-state index contributed by atoms with van der Waals surface area (Å²) in [6.07, 6.45) is 6.99. The van der Waals surface area contributed by atoms with Crippen molar-refractivity contribution in [3.05, 3.63) is 59.6 Å². The van der Waals surface area contributed by atoms with Gasteiger partial charge in [0, 0.05) is 49.0 Å². The zero-order valence-electron chi connectivity index (χ0n) is 15.5. The summed E-state index contributed by atoms with van der Waals surface area (Å²) in [5, 5.41) is 0. The number of carbonyl (C=O) groups excluding carboxylic acids is 1. The molecule has 27 heavy (non-hydrogen) atoms. The van der Waals surface area contributed by atoms with Crippen LogP contribution in [-0.4, -0.2) is 48.8 Å². The first-order chi connectivity index (χ1) is 13.1. The quantitative estimate of drug-likeness (QED) is 0.774. The molecule has 1 aliphatic heterocycles. The number of hydrogen-bond acceptors (Lipinski definition) is 5. The third kappa shape index (κ3) is 3.72. The van der Waals surface area contributed by atoms with Gasteiger partial charge >= 0.3 is 0 Å². The summed E-state index contributed by atoms with van der Waals surface area (Å²) < 4.78 is 0. The molecular weight excluding hydrogens is 340 g/mol. The molecule has 0 aromatic carbocycles. The molecule has 1 atom stereocenters. The van der Waals surface area contributed by atoms with E-state index in [4.69, 9.17) is 4.98 Å². The van der Waals surface area contributed by atoms with Crippen LogP contribution in [0.1, 0.15) is 46.3 Å². The number of imidazole rings is 1. The van der Waals surface area contributed by atoms with E-state index in [2.05, 4.69) is 19.9 Å². The summed E-state index contributed by atoms with van der Waals surface area (Å²) in [5.41, 5.74) is 3.31. The molecule has 1 N–H and O–H groups in total. The van der Waals surface area contributed by atoms with Gasteiger partial charge in [0.05, 0.1) is 5.56 Å². The fraction of sp³-hybridized carbons (Fsp3) is 0.350. The summed E-state index contributed by atoms with van der Waals surface area (Å²) >= 11 is 0. The maximum atomic E-state index is 12.8. The van der Waals surface area contributed by atoms with Crippen molar-refractivity contribution in [3.8, 4) is 11.5 Å². The Morgan fingerprint density at radius 1 is 1.26 bits per heavy atom. The Labute approximate surface area is 157 Å². The van der Waals surface area contributed by atoms with E-state index < -0.39 is 0 Å². The molecule has 0 saturated carbocycles. The van der Waals surface area contributed by atoms with Gasteiger partial charge in [-0.25, -0.2) is 15.0 Å². The number of rotatable bonds is 3. The first kappa shape index (κ1) is 17.3. The van der Waals surface area contributed by atoms with Crippen molar-refractivity contribution >= 4 is 5.91 Å². The monoisotopic (exact) mass is 362 g/mol. The number of H-pyrrole nitrogens is 1. The van der Waals surface area contributed by atoms with Crippen molar-refractivity contribution in [1.29, 1.82) is 0 Å². The summed E-state index contributed by atoms with van der Waals surface area (Å²) in [4.78, 5) is 35.7. The molecule has 138 valence electrons. The van der Waals surface area contributed by atoms with E-state index in [1.165, 1.54) is 0 Å². The zero-order valence-corrected chi connectivity index (χ0v) is 15.5. The molecule has 4 rings (SSSR count). The molecule has 0 unspecified atom stereocenters. The van der Waals surface area contributed by atoms with Crippen LogP contribution in [-0.2, 0) is 0 Å². The van der Waals surface area contributed by atoms with Gasteiger partial charge in [0.1, 0.15) is 11.5 Å². The van der Waals surface area contributed by atoms with Gasteiger partial charge in [-0.1, -0.05) is 0 Å². The molecule has 1 fully saturated rings. The molecular formula is C20H22N6O. The minimum Gasteiger partial charge on any atom is -0.341 e. The van der Waals surface area contributed by atoms with Crippen LogP contribution in [0.15, 0.2) is 36.8 Å². The Hall–Kier alpha value is -3.09. The molecule has 0 spiro atoms. The zero-order chi connectivity index (χ0) is 18.8. The number of amides is 1. The summed E-state index contributed by atoms with van der Waals surface area (Å²) in [5.74, 6) is 1.66. The first-order valence-corrected chi connectivity index (χ1v) is 9.17. The highest BCUT2D eigenvalue weighted by Gasteiger charge is 2.27. The van der Waals surface area contributed by atoms with Gasteiger partial charge in [0.2, 0.25) is 0 Å². The van der Waals surface area contributed by atoms with Gasteiger partial charge in [0.25, 0.3) is 5.91 Å². The number of nitrogens with one attached hydrogen (secondary N) is 1. The van der Waals surface area contributed by atoms with Gasteiger partial charge in [-0.2, -0.15) is 0 Å². The van der Waals surface area contributed by atoms with Crippen molar-refractivity contribution in [1.82, 2.24) is 29.8 Å². The van der Waals surface area contributed by atoms with Crippen LogP contribution in [0, 0.1) is 13.8 Å². The summed E-state index contributed by atoms with van der Waals surface area (Å²) in [6, 6.07) is 5.53. The minimum absolute atomic E-state index is 0.0161. The average molecular weight is 362 g/mol. The minimum atomic E-state index is 0.0161. The molecule has 1 saturated heterocycles. The Morgan fingerprint density at radius 3 is 2.89 bits per heavy atom. The van der Waals surface area contributed by atoms with E-state index in [9.17, 15) is 4.79 Å². The van der Waals surface area contributed by atoms with Gasteiger partial charge in [0.15, 0.2) is 5.82 Å². The number of aryl methyl sites for hydroxylation is 2. The number of likely N-dealkylation sites (tertiary alicyclic amines) is 1. The molecule has 0 aliphatic carbocycles. The molecule has 0 radical (unpaired) electrons. The second-order valence-corrected chi connectivity index (χ2v) is 7.00. The van der Waals surface area contributed by atoms with E-state index in [-0.39, 0.29) is 11.8 Å². The second kappa shape index (κ2) is 7.26. The standard InChI is InChI=1S/C20H22N6O/c1-13-9-17(19-22-10-14(2)24-19)25-18(23-13)16-6-4-8-26(12-16)20(27)15-5-3-7-21-11-15/h3,5,7,9-11,16H,4,6,8,12H2,1-2H3,(H,22,24)/t16-/m0/s1. The summed E-state index contributed by atoms with van der Waals surface area (Å²) in [7, 11) is 0. The van der Waals surface area contributed by atoms with Crippen LogP contribution in [0.4, 0.5) is 0 Å². The molecule has 3 aromatic heterocycles. The van der Waals surface area contributed by atoms with E-state index in [0.29, 0.717) is 12.1 Å². The predicted molar refractivity (Wildman–Crippen MR) is 101 cm³/mol. The highest BCUT2D eigenvalue weighted by atomic mass is 16.2. The first-order valence-electron chi connectivity index (χ1n) is 9.17. The number of nitrogens with zero attached hydrogens (tertiary/aromatic N) is 5. The van der Waals surface area contributed by atoms with Crippen LogP contribution < -0.4 is 0 Å². The van der Waals surface area contributed by atoms with Crippen molar-refractivity contribution in [2.75, 3.05) is 13.1 Å².